The Morgan fingerprint density at radius 2 is 1.90 bits per heavy atom. The molecule has 3 amide bonds. The topological polar surface area (TPSA) is 122 Å². The van der Waals surface area contributed by atoms with Gasteiger partial charge >= 0.3 is 12.0 Å². The molecule has 0 radical (unpaired) electrons. The molecule has 7 nitrogen and oxygen atoms in total. The van der Waals surface area contributed by atoms with Crippen molar-refractivity contribution in [2.45, 2.75) is 64.5 Å². The Bertz CT molecular complexity index is 356. The number of urea groups is 1. The second-order valence-electron chi connectivity index (χ2n) is 5.47. The molecule has 0 saturated carbocycles. The Morgan fingerprint density at radius 3 is 2.35 bits per heavy atom. The Morgan fingerprint density at radius 1 is 1.30 bits per heavy atom. The van der Waals surface area contributed by atoms with Crippen molar-refractivity contribution in [3.8, 4) is 0 Å². The summed E-state index contributed by atoms with van der Waals surface area (Å²) in [5, 5.41) is 13.8. The molecule has 116 valence electrons. The number of carbonyl (C=O) groups excluding carboxylic acids is 2. The third kappa shape index (κ3) is 8.34. The number of carbonyl (C=O) groups is 3. The minimum atomic E-state index is -0.912. The molecule has 1 unspecified atom stereocenters. The molecule has 0 saturated heterocycles. The molecule has 0 aromatic carbocycles. The van der Waals surface area contributed by atoms with E-state index in [1.54, 1.807) is 13.8 Å². The molecule has 20 heavy (non-hydrogen) atoms. The van der Waals surface area contributed by atoms with Crippen LogP contribution in [-0.2, 0) is 9.59 Å². The van der Waals surface area contributed by atoms with Gasteiger partial charge in [0.05, 0.1) is 0 Å². The number of carboxylic acids is 1. The molecule has 0 aromatic rings. The predicted molar refractivity (Wildman–Crippen MR) is 75.1 cm³/mol. The van der Waals surface area contributed by atoms with Gasteiger partial charge in [-0.25, -0.2) is 4.79 Å². The van der Waals surface area contributed by atoms with Crippen molar-refractivity contribution >= 4 is 17.9 Å². The summed E-state index contributed by atoms with van der Waals surface area (Å²) in [6, 6.07) is -1.43. The fraction of sp³-hybridized carbons (Fsp3) is 0.769. The molecule has 0 rings (SSSR count). The van der Waals surface area contributed by atoms with E-state index in [1.807, 2.05) is 6.92 Å². The van der Waals surface area contributed by atoms with Crippen LogP contribution in [-0.4, -0.2) is 34.6 Å². The summed E-state index contributed by atoms with van der Waals surface area (Å²) in [6.45, 7) is 5.47. The molecule has 7 heteroatoms. The lowest BCUT2D eigenvalue weighted by Gasteiger charge is -2.28. The lowest BCUT2D eigenvalue weighted by molar-refractivity contribution is -0.138. The van der Waals surface area contributed by atoms with E-state index in [9.17, 15) is 14.4 Å². The van der Waals surface area contributed by atoms with Crippen LogP contribution in [0, 0.1) is 0 Å². The van der Waals surface area contributed by atoms with Crippen molar-refractivity contribution in [1.82, 2.24) is 10.6 Å². The van der Waals surface area contributed by atoms with Crippen LogP contribution >= 0.6 is 0 Å². The number of aliphatic carboxylic acids is 1. The smallest absolute Gasteiger partial charge is 0.312 e. The summed E-state index contributed by atoms with van der Waals surface area (Å²) in [4.78, 5) is 33.6. The first-order valence-electron chi connectivity index (χ1n) is 6.77. The molecule has 0 heterocycles. The average molecular weight is 287 g/mol. The third-order valence-electron chi connectivity index (χ3n) is 2.90. The largest absolute Gasteiger partial charge is 0.481 e. The van der Waals surface area contributed by atoms with E-state index in [0.29, 0.717) is 12.8 Å². The highest BCUT2D eigenvalue weighted by Gasteiger charge is 2.26. The molecule has 1 atom stereocenters. The predicted octanol–water partition coefficient (Wildman–Crippen LogP) is 0.973. The van der Waals surface area contributed by atoms with Gasteiger partial charge in [0.1, 0.15) is 6.04 Å². The first-order valence-corrected chi connectivity index (χ1v) is 6.77. The van der Waals surface area contributed by atoms with E-state index in [4.69, 9.17) is 10.8 Å². The zero-order valence-electron chi connectivity index (χ0n) is 12.4. The van der Waals surface area contributed by atoms with Gasteiger partial charge < -0.3 is 21.5 Å². The van der Waals surface area contributed by atoms with Crippen LogP contribution in [0.1, 0.15) is 52.9 Å². The SMILES string of the molecule is CCCCC(NC(N)=O)C(=O)NC(C)(C)CCC(=O)O. The van der Waals surface area contributed by atoms with Gasteiger partial charge in [-0.05, 0) is 26.7 Å². The van der Waals surface area contributed by atoms with Crippen LogP contribution in [0.5, 0.6) is 0 Å². The highest BCUT2D eigenvalue weighted by Crippen LogP contribution is 2.12. The fourth-order valence-electron chi connectivity index (χ4n) is 1.75. The molecule has 0 spiro atoms. The minimum Gasteiger partial charge on any atom is -0.481 e. The number of rotatable bonds is 9. The first-order chi connectivity index (χ1) is 9.18. The number of primary amides is 1. The van der Waals surface area contributed by atoms with Crippen LogP contribution in [0.2, 0.25) is 0 Å². The van der Waals surface area contributed by atoms with Gasteiger partial charge in [-0.2, -0.15) is 0 Å². The van der Waals surface area contributed by atoms with Crippen molar-refractivity contribution in [2.24, 2.45) is 5.73 Å². The van der Waals surface area contributed by atoms with Crippen molar-refractivity contribution in [1.29, 1.82) is 0 Å². The zero-order chi connectivity index (χ0) is 15.8. The third-order valence-corrected chi connectivity index (χ3v) is 2.90. The van der Waals surface area contributed by atoms with Gasteiger partial charge in [0.15, 0.2) is 0 Å². The van der Waals surface area contributed by atoms with E-state index in [0.717, 1.165) is 12.8 Å². The number of carboxylic acid groups (broad SMARTS) is 1. The van der Waals surface area contributed by atoms with Crippen LogP contribution in [0.3, 0.4) is 0 Å². The summed E-state index contributed by atoms with van der Waals surface area (Å²) in [5.74, 6) is -1.25. The molecule has 0 fully saturated rings. The minimum absolute atomic E-state index is 0.0316. The standard InChI is InChI=1S/C13H25N3O4/c1-4-5-6-9(15-12(14)20)11(19)16-13(2,3)8-7-10(17)18/h9H,4-8H2,1-3H3,(H,16,19)(H,17,18)(H3,14,15,20). The van der Waals surface area contributed by atoms with Gasteiger partial charge in [0, 0.05) is 12.0 Å². The molecular weight excluding hydrogens is 262 g/mol. The number of unbranched alkanes of at least 4 members (excludes halogenated alkanes) is 1. The molecule has 0 aliphatic carbocycles. The summed E-state index contributed by atoms with van der Waals surface area (Å²) in [6.07, 6.45) is 2.46. The number of hydrogen-bond donors (Lipinski definition) is 4. The Hall–Kier alpha value is -1.79. The van der Waals surface area contributed by atoms with Gasteiger partial charge in [-0.1, -0.05) is 19.8 Å². The summed E-state index contributed by atoms with van der Waals surface area (Å²) >= 11 is 0. The van der Waals surface area contributed by atoms with Crippen molar-refractivity contribution in [2.75, 3.05) is 0 Å². The summed E-state index contributed by atoms with van der Waals surface area (Å²) in [7, 11) is 0. The molecule has 0 aliphatic rings. The lowest BCUT2D eigenvalue weighted by atomic mass is 9.97. The summed E-state index contributed by atoms with van der Waals surface area (Å²) in [5.41, 5.74) is 4.40. The van der Waals surface area contributed by atoms with Crippen LogP contribution < -0.4 is 16.4 Å². The van der Waals surface area contributed by atoms with E-state index in [2.05, 4.69) is 10.6 Å². The maximum absolute atomic E-state index is 12.1. The van der Waals surface area contributed by atoms with E-state index >= 15 is 0 Å². The second-order valence-corrected chi connectivity index (χ2v) is 5.47. The molecule has 5 N–H and O–H groups in total. The van der Waals surface area contributed by atoms with Gasteiger partial charge in [-0.3, -0.25) is 9.59 Å². The fourth-order valence-corrected chi connectivity index (χ4v) is 1.75. The lowest BCUT2D eigenvalue weighted by Crippen LogP contribution is -2.54. The normalized spacial score (nSPS) is 12.6. The van der Waals surface area contributed by atoms with Gasteiger partial charge in [-0.15, -0.1) is 0 Å². The number of nitrogens with two attached hydrogens (primary N) is 1. The van der Waals surface area contributed by atoms with Crippen LogP contribution in [0.4, 0.5) is 4.79 Å². The van der Waals surface area contributed by atoms with E-state index in [1.165, 1.54) is 0 Å². The van der Waals surface area contributed by atoms with Crippen LogP contribution in [0.15, 0.2) is 0 Å². The number of amides is 3. The highest BCUT2D eigenvalue weighted by atomic mass is 16.4. The maximum atomic E-state index is 12.1. The second kappa shape index (κ2) is 8.39. The Labute approximate surface area is 119 Å². The van der Waals surface area contributed by atoms with E-state index in [-0.39, 0.29) is 12.3 Å². The average Bonchev–Trinajstić information content (AvgIpc) is 2.31. The zero-order valence-corrected chi connectivity index (χ0v) is 12.4. The van der Waals surface area contributed by atoms with E-state index < -0.39 is 23.6 Å². The Balaban J connectivity index is 4.55. The van der Waals surface area contributed by atoms with Crippen molar-refractivity contribution in [3.63, 3.8) is 0 Å². The molecular formula is C13H25N3O4. The van der Waals surface area contributed by atoms with Crippen LogP contribution in [0.25, 0.3) is 0 Å². The Kier molecular flexibility index (Phi) is 7.64. The molecule has 0 bridgehead atoms. The van der Waals surface area contributed by atoms with Crippen molar-refractivity contribution < 1.29 is 19.5 Å². The first kappa shape index (κ1) is 18.2. The quantitative estimate of drug-likeness (QED) is 0.505. The maximum Gasteiger partial charge on any atom is 0.312 e. The highest BCUT2D eigenvalue weighted by molar-refractivity contribution is 5.87. The summed E-state index contributed by atoms with van der Waals surface area (Å²) < 4.78 is 0. The molecule has 0 aromatic heterocycles. The van der Waals surface area contributed by atoms with Gasteiger partial charge in [0.2, 0.25) is 5.91 Å². The number of hydrogen-bond acceptors (Lipinski definition) is 3. The van der Waals surface area contributed by atoms with Gasteiger partial charge in [0.25, 0.3) is 0 Å². The van der Waals surface area contributed by atoms with Crippen molar-refractivity contribution in [3.05, 3.63) is 0 Å². The monoisotopic (exact) mass is 287 g/mol. The molecule has 0 aliphatic heterocycles. The number of nitrogens with one attached hydrogen (secondary N) is 2.